The molecule has 0 radical (unpaired) electrons. The van der Waals surface area contributed by atoms with Gasteiger partial charge in [0, 0.05) is 39.6 Å². The highest BCUT2D eigenvalue weighted by Crippen LogP contribution is 2.41. The van der Waals surface area contributed by atoms with E-state index in [2.05, 4.69) is 16.4 Å². The Labute approximate surface area is 217 Å². The SMILES string of the molecule is CC=C(c1scc(C(=O)NCc2c(C)cc(C)[nH]c2=O)c1C)[C@H]1CC[C@H](N(C(=O)O)C(C)(C)C)CC1. The molecule has 36 heavy (non-hydrogen) atoms. The molecule has 3 rings (SSSR count). The predicted octanol–water partition coefficient (Wildman–Crippen LogP) is 6.03. The zero-order chi connectivity index (χ0) is 26.8. The van der Waals surface area contributed by atoms with E-state index in [1.165, 1.54) is 5.57 Å². The Morgan fingerprint density at radius 1 is 1.19 bits per heavy atom. The molecule has 0 aliphatic heterocycles. The largest absolute Gasteiger partial charge is 0.465 e. The zero-order valence-electron chi connectivity index (χ0n) is 22.4. The van der Waals surface area contributed by atoms with Gasteiger partial charge in [0.25, 0.3) is 11.5 Å². The number of aromatic nitrogens is 1. The van der Waals surface area contributed by atoms with Gasteiger partial charge in [-0.25, -0.2) is 4.79 Å². The summed E-state index contributed by atoms with van der Waals surface area (Å²) in [5.41, 5.74) is 4.44. The van der Waals surface area contributed by atoms with Gasteiger partial charge in [0.1, 0.15) is 0 Å². The molecule has 0 spiro atoms. The van der Waals surface area contributed by atoms with Gasteiger partial charge in [-0.05, 0) is 103 Å². The highest BCUT2D eigenvalue weighted by Gasteiger charge is 2.36. The van der Waals surface area contributed by atoms with E-state index >= 15 is 0 Å². The summed E-state index contributed by atoms with van der Waals surface area (Å²) in [6, 6.07) is 1.93. The third-order valence-electron chi connectivity index (χ3n) is 7.21. The van der Waals surface area contributed by atoms with Crippen molar-refractivity contribution in [2.75, 3.05) is 0 Å². The predicted molar refractivity (Wildman–Crippen MR) is 146 cm³/mol. The second kappa shape index (κ2) is 11.0. The standard InChI is InChI=1S/C28H39N3O4S/c1-8-21(19-9-11-20(12-10-19)31(27(34)35)28(5,6)7)24-18(4)23(15-36-24)25(32)29-14-22-16(2)13-17(3)30-26(22)33/h8,13,15,19-20H,9-12,14H2,1-7H3,(H,29,32)(H,30,33)(H,34,35)/t19-,20-. The van der Waals surface area contributed by atoms with Crippen LogP contribution in [0, 0.1) is 26.7 Å². The monoisotopic (exact) mass is 513 g/mol. The van der Waals surface area contributed by atoms with E-state index in [9.17, 15) is 19.5 Å². The van der Waals surface area contributed by atoms with Crippen molar-refractivity contribution in [2.45, 2.75) is 92.3 Å². The molecule has 1 saturated carbocycles. The van der Waals surface area contributed by atoms with Crippen molar-refractivity contribution >= 4 is 28.9 Å². The first kappa shape index (κ1) is 27.7. The molecule has 0 saturated heterocycles. The molecule has 7 nitrogen and oxygen atoms in total. The Morgan fingerprint density at radius 2 is 1.83 bits per heavy atom. The Balaban J connectivity index is 1.71. The second-order valence-electron chi connectivity index (χ2n) is 10.8. The number of carbonyl (C=O) groups excluding carboxylic acids is 1. The summed E-state index contributed by atoms with van der Waals surface area (Å²) >= 11 is 1.58. The molecule has 1 fully saturated rings. The van der Waals surface area contributed by atoms with Gasteiger partial charge < -0.3 is 20.3 Å². The lowest BCUT2D eigenvalue weighted by molar-refractivity contribution is 0.0536. The van der Waals surface area contributed by atoms with Crippen LogP contribution in [-0.2, 0) is 6.54 Å². The number of aryl methyl sites for hydroxylation is 2. The van der Waals surface area contributed by atoms with Gasteiger partial charge in [-0.15, -0.1) is 11.3 Å². The van der Waals surface area contributed by atoms with E-state index < -0.39 is 11.6 Å². The van der Waals surface area contributed by atoms with Gasteiger partial charge in [0.2, 0.25) is 0 Å². The minimum atomic E-state index is -0.857. The normalized spacial score (nSPS) is 18.7. The Hall–Kier alpha value is -2.87. The molecule has 0 atom stereocenters. The summed E-state index contributed by atoms with van der Waals surface area (Å²) in [4.78, 5) is 42.7. The van der Waals surface area contributed by atoms with Crippen molar-refractivity contribution in [3.8, 4) is 0 Å². The summed E-state index contributed by atoms with van der Waals surface area (Å²) < 4.78 is 0. The van der Waals surface area contributed by atoms with Gasteiger partial charge in [0.05, 0.1) is 5.56 Å². The van der Waals surface area contributed by atoms with E-state index in [0.717, 1.165) is 47.4 Å². The van der Waals surface area contributed by atoms with Gasteiger partial charge >= 0.3 is 6.09 Å². The molecule has 2 aromatic rings. The number of hydrogen-bond donors (Lipinski definition) is 3. The number of nitrogens with one attached hydrogen (secondary N) is 2. The van der Waals surface area contributed by atoms with E-state index in [-0.39, 0.29) is 24.1 Å². The summed E-state index contributed by atoms with van der Waals surface area (Å²) in [5.74, 6) is 0.153. The number of thiophene rings is 1. The lowest BCUT2D eigenvalue weighted by Crippen LogP contribution is -2.52. The van der Waals surface area contributed by atoms with Crippen LogP contribution < -0.4 is 10.9 Å². The third kappa shape index (κ3) is 5.91. The van der Waals surface area contributed by atoms with Gasteiger partial charge in [-0.1, -0.05) is 6.08 Å². The van der Waals surface area contributed by atoms with Crippen molar-refractivity contribution in [3.63, 3.8) is 0 Å². The molecule has 0 bridgehead atoms. The Bertz CT molecular complexity index is 1210. The van der Waals surface area contributed by atoms with Crippen molar-refractivity contribution in [3.05, 3.63) is 60.7 Å². The van der Waals surface area contributed by atoms with Gasteiger partial charge in [-0.2, -0.15) is 0 Å². The first-order valence-corrected chi connectivity index (χ1v) is 13.5. The molecule has 196 valence electrons. The molecule has 0 unspecified atom stereocenters. The highest BCUT2D eigenvalue weighted by atomic mass is 32.1. The summed E-state index contributed by atoms with van der Waals surface area (Å²) in [7, 11) is 0. The number of carboxylic acid groups (broad SMARTS) is 1. The van der Waals surface area contributed by atoms with E-state index in [1.807, 2.05) is 59.9 Å². The number of H-pyrrole nitrogens is 1. The maximum Gasteiger partial charge on any atom is 0.407 e. The molecular formula is C28H39N3O4S. The lowest BCUT2D eigenvalue weighted by atomic mass is 9.79. The van der Waals surface area contributed by atoms with Crippen LogP contribution in [-0.4, -0.2) is 38.6 Å². The minimum absolute atomic E-state index is 0.0241. The summed E-state index contributed by atoms with van der Waals surface area (Å²) in [6.45, 7) is 13.7. The maximum atomic E-state index is 13.0. The lowest BCUT2D eigenvalue weighted by Gasteiger charge is -2.43. The molecule has 3 N–H and O–H groups in total. The maximum absolute atomic E-state index is 13.0. The van der Waals surface area contributed by atoms with E-state index in [4.69, 9.17) is 0 Å². The molecule has 1 aliphatic carbocycles. The number of rotatable bonds is 6. The van der Waals surface area contributed by atoms with Crippen molar-refractivity contribution < 1.29 is 14.7 Å². The minimum Gasteiger partial charge on any atom is -0.465 e. The number of carbonyl (C=O) groups is 2. The van der Waals surface area contributed by atoms with Crippen molar-refractivity contribution in [1.29, 1.82) is 0 Å². The summed E-state index contributed by atoms with van der Waals surface area (Å²) in [5, 5.41) is 14.6. The van der Waals surface area contributed by atoms with Crippen LogP contribution >= 0.6 is 11.3 Å². The van der Waals surface area contributed by atoms with Crippen molar-refractivity contribution in [1.82, 2.24) is 15.2 Å². The topological polar surface area (TPSA) is 103 Å². The first-order valence-electron chi connectivity index (χ1n) is 12.6. The average Bonchev–Trinajstić information content (AvgIpc) is 3.14. The fraction of sp³-hybridized carbons (Fsp3) is 0.536. The molecule has 0 aromatic carbocycles. The quantitative estimate of drug-likeness (QED) is 0.439. The molecule has 2 aromatic heterocycles. The van der Waals surface area contributed by atoms with E-state index in [1.54, 1.807) is 16.2 Å². The van der Waals surface area contributed by atoms with Gasteiger partial charge in [-0.3, -0.25) is 9.59 Å². The average molecular weight is 514 g/mol. The third-order valence-corrected chi connectivity index (χ3v) is 8.34. The Kier molecular flexibility index (Phi) is 8.49. The smallest absolute Gasteiger partial charge is 0.407 e. The van der Waals surface area contributed by atoms with Crippen LogP contribution in [0.4, 0.5) is 4.79 Å². The van der Waals surface area contributed by atoms with Crippen LogP contribution in [0.2, 0.25) is 0 Å². The fourth-order valence-electron chi connectivity index (χ4n) is 5.48. The van der Waals surface area contributed by atoms with Gasteiger partial charge in [0.15, 0.2) is 0 Å². The number of aromatic amines is 1. The number of hydrogen-bond acceptors (Lipinski definition) is 4. The number of allylic oxidation sites excluding steroid dienone is 2. The van der Waals surface area contributed by atoms with Crippen LogP contribution in [0.5, 0.6) is 0 Å². The fourth-order valence-corrected chi connectivity index (χ4v) is 6.71. The van der Waals surface area contributed by atoms with E-state index in [0.29, 0.717) is 17.0 Å². The molecule has 2 heterocycles. The van der Waals surface area contributed by atoms with Crippen LogP contribution in [0.1, 0.15) is 91.0 Å². The highest BCUT2D eigenvalue weighted by molar-refractivity contribution is 7.11. The molecule has 2 amide bonds. The second-order valence-corrected chi connectivity index (χ2v) is 11.7. The number of nitrogens with zero attached hydrogens (tertiary/aromatic N) is 1. The first-order chi connectivity index (χ1) is 16.8. The number of pyridine rings is 1. The molecular weight excluding hydrogens is 474 g/mol. The molecule has 8 heteroatoms. The van der Waals surface area contributed by atoms with Crippen molar-refractivity contribution in [2.24, 2.45) is 5.92 Å². The summed E-state index contributed by atoms with van der Waals surface area (Å²) in [6.07, 6.45) is 4.77. The molecule has 1 aliphatic rings. The number of amides is 2. The van der Waals surface area contributed by atoms with Crippen LogP contribution in [0.25, 0.3) is 5.57 Å². The van der Waals surface area contributed by atoms with Crippen LogP contribution in [0.3, 0.4) is 0 Å². The zero-order valence-corrected chi connectivity index (χ0v) is 23.3. The van der Waals surface area contributed by atoms with Crippen LogP contribution in [0.15, 0.2) is 22.3 Å². The Morgan fingerprint density at radius 3 is 2.36 bits per heavy atom.